The molecule has 0 unspecified atom stereocenters. The molecule has 0 bridgehead atoms. The van der Waals surface area contributed by atoms with Gasteiger partial charge in [-0.25, -0.2) is 4.98 Å². The molecule has 0 aromatic carbocycles. The average molecular weight is 356 g/mol. The predicted octanol–water partition coefficient (Wildman–Crippen LogP) is 5.29. The van der Waals surface area contributed by atoms with Crippen LogP contribution in [-0.2, 0) is 0 Å². The average Bonchev–Trinajstić information content (AvgIpc) is 3.34. The quantitative estimate of drug-likeness (QED) is 0.540. The van der Waals surface area contributed by atoms with Crippen LogP contribution < -0.4 is 5.32 Å². The van der Waals surface area contributed by atoms with Crippen LogP contribution in [0.2, 0.25) is 0 Å². The minimum atomic E-state index is -0.159. The summed E-state index contributed by atoms with van der Waals surface area (Å²) < 4.78 is 10.9. The Morgan fingerprint density at radius 2 is 1.88 bits per heavy atom. The molecule has 0 aliphatic heterocycles. The first kappa shape index (κ1) is 14.9. The van der Waals surface area contributed by atoms with Gasteiger partial charge in [0.1, 0.15) is 16.3 Å². The smallest absolute Gasteiger partial charge is 0.267 e. The number of nitrogens with zero attached hydrogens (tertiary/aromatic N) is 1. The molecule has 0 saturated carbocycles. The first-order chi connectivity index (χ1) is 11.7. The minimum absolute atomic E-state index is 0.159. The van der Waals surface area contributed by atoms with Gasteiger partial charge in [-0.3, -0.25) is 10.1 Å². The maximum absolute atomic E-state index is 12.4. The lowest BCUT2D eigenvalue weighted by Gasteiger charge is -1.99. The van der Waals surface area contributed by atoms with E-state index in [1.807, 2.05) is 36.6 Å². The molecule has 5 nitrogen and oxygen atoms in total. The van der Waals surface area contributed by atoms with E-state index in [4.69, 9.17) is 8.83 Å². The topological polar surface area (TPSA) is 68.3 Å². The van der Waals surface area contributed by atoms with E-state index >= 15 is 0 Å². The van der Waals surface area contributed by atoms with E-state index < -0.39 is 0 Å². The molecule has 1 amide bonds. The standard InChI is InChI=1S/C17H12N2O3S2/c1-10-6-9-23-14(10)16(20)19-17-18-13(11-4-2-7-21-11)15(24-17)12-5-3-8-22-12/h2-9H,1H3,(H,18,19,20). The SMILES string of the molecule is Cc1ccsc1C(=O)Nc1nc(-c2ccco2)c(-c2ccco2)s1. The molecule has 1 N–H and O–H groups in total. The van der Waals surface area contributed by atoms with Crippen LogP contribution in [0.4, 0.5) is 5.13 Å². The highest BCUT2D eigenvalue weighted by molar-refractivity contribution is 7.19. The number of aryl methyl sites for hydroxylation is 1. The normalized spacial score (nSPS) is 10.9. The number of amides is 1. The lowest BCUT2D eigenvalue weighted by atomic mass is 10.2. The van der Waals surface area contributed by atoms with Crippen molar-refractivity contribution in [1.29, 1.82) is 0 Å². The van der Waals surface area contributed by atoms with Gasteiger partial charge in [-0.05, 0) is 48.2 Å². The number of carbonyl (C=O) groups is 1. The Kier molecular flexibility index (Phi) is 3.79. The van der Waals surface area contributed by atoms with Gasteiger partial charge in [0.15, 0.2) is 10.9 Å². The van der Waals surface area contributed by atoms with Crippen molar-refractivity contribution in [3.05, 3.63) is 58.7 Å². The second-order valence-electron chi connectivity index (χ2n) is 5.04. The molecular formula is C17H12N2O3S2. The third-order valence-electron chi connectivity index (χ3n) is 3.42. The molecule has 0 radical (unpaired) electrons. The number of hydrogen-bond donors (Lipinski definition) is 1. The van der Waals surface area contributed by atoms with Crippen molar-refractivity contribution < 1.29 is 13.6 Å². The predicted molar refractivity (Wildman–Crippen MR) is 94.5 cm³/mol. The van der Waals surface area contributed by atoms with Crippen LogP contribution in [-0.4, -0.2) is 10.9 Å². The van der Waals surface area contributed by atoms with E-state index in [0.29, 0.717) is 27.2 Å². The highest BCUT2D eigenvalue weighted by Crippen LogP contribution is 2.39. The molecule has 4 rings (SSSR count). The first-order valence-electron chi connectivity index (χ1n) is 7.16. The van der Waals surface area contributed by atoms with Gasteiger partial charge in [0.2, 0.25) is 0 Å². The molecule has 4 heterocycles. The monoisotopic (exact) mass is 356 g/mol. The van der Waals surface area contributed by atoms with Crippen molar-refractivity contribution in [3.63, 3.8) is 0 Å². The van der Waals surface area contributed by atoms with Gasteiger partial charge in [0.25, 0.3) is 5.91 Å². The van der Waals surface area contributed by atoms with E-state index in [1.54, 1.807) is 18.6 Å². The third kappa shape index (κ3) is 2.68. The van der Waals surface area contributed by atoms with Gasteiger partial charge in [0, 0.05) is 0 Å². The Morgan fingerprint density at radius 1 is 1.12 bits per heavy atom. The zero-order valence-electron chi connectivity index (χ0n) is 12.6. The van der Waals surface area contributed by atoms with E-state index in [1.165, 1.54) is 22.7 Å². The largest absolute Gasteiger partial charge is 0.463 e. The molecule has 7 heteroatoms. The number of thiazole rings is 1. The van der Waals surface area contributed by atoms with E-state index in [-0.39, 0.29) is 5.91 Å². The Hall–Kier alpha value is -2.64. The van der Waals surface area contributed by atoms with Crippen LogP contribution in [0.1, 0.15) is 15.2 Å². The van der Waals surface area contributed by atoms with Crippen LogP contribution in [0.3, 0.4) is 0 Å². The fraction of sp³-hybridized carbons (Fsp3) is 0.0588. The number of hydrogen-bond acceptors (Lipinski definition) is 6. The summed E-state index contributed by atoms with van der Waals surface area (Å²) in [5.74, 6) is 1.16. The fourth-order valence-corrected chi connectivity index (χ4v) is 4.04. The second kappa shape index (κ2) is 6.10. The number of carbonyl (C=O) groups excluding carboxylic acids is 1. The van der Waals surface area contributed by atoms with Gasteiger partial charge in [-0.1, -0.05) is 11.3 Å². The summed E-state index contributed by atoms with van der Waals surface area (Å²) in [6.07, 6.45) is 3.20. The van der Waals surface area contributed by atoms with E-state index in [9.17, 15) is 4.79 Å². The number of thiophene rings is 1. The van der Waals surface area contributed by atoms with Crippen molar-refractivity contribution in [2.24, 2.45) is 0 Å². The number of anilines is 1. The number of aromatic nitrogens is 1. The van der Waals surface area contributed by atoms with Gasteiger partial charge in [-0.15, -0.1) is 11.3 Å². The van der Waals surface area contributed by atoms with Gasteiger partial charge >= 0.3 is 0 Å². The van der Waals surface area contributed by atoms with Crippen LogP contribution in [0.5, 0.6) is 0 Å². The number of rotatable bonds is 4. The van der Waals surface area contributed by atoms with Crippen molar-refractivity contribution in [2.75, 3.05) is 5.32 Å². The molecule has 0 spiro atoms. The zero-order valence-corrected chi connectivity index (χ0v) is 14.2. The van der Waals surface area contributed by atoms with Crippen molar-refractivity contribution in [3.8, 4) is 22.1 Å². The highest BCUT2D eigenvalue weighted by atomic mass is 32.1. The maximum Gasteiger partial charge on any atom is 0.267 e. The number of furan rings is 2. The Balaban J connectivity index is 1.71. The fourth-order valence-electron chi connectivity index (χ4n) is 2.29. The maximum atomic E-state index is 12.4. The molecule has 0 atom stereocenters. The molecule has 4 aromatic heterocycles. The molecule has 120 valence electrons. The van der Waals surface area contributed by atoms with Gasteiger partial charge < -0.3 is 8.83 Å². The third-order valence-corrected chi connectivity index (χ3v) is 5.42. The summed E-state index contributed by atoms with van der Waals surface area (Å²) in [6, 6.07) is 9.22. The first-order valence-corrected chi connectivity index (χ1v) is 8.86. The van der Waals surface area contributed by atoms with E-state index in [0.717, 1.165) is 10.4 Å². The lowest BCUT2D eigenvalue weighted by molar-refractivity contribution is 0.103. The van der Waals surface area contributed by atoms with Crippen LogP contribution in [0.25, 0.3) is 22.1 Å². The summed E-state index contributed by atoms with van der Waals surface area (Å²) in [5, 5.41) is 5.27. The molecule has 24 heavy (non-hydrogen) atoms. The summed E-state index contributed by atoms with van der Waals surface area (Å²) in [7, 11) is 0. The van der Waals surface area contributed by atoms with Crippen molar-refractivity contribution in [2.45, 2.75) is 6.92 Å². The Labute approximate surface area is 145 Å². The lowest BCUT2D eigenvalue weighted by Crippen LogP contribution is -2.10. The molecule has 0 fully saturated rings. The summed E-state index contributed by atoms with van der Waals surface area (Å²) >= 11 is 2.77. The highest BCUT2D eigenvalue weighted by Gasteiger charge is 2.20. The van der Waals surface area contributed by atoms with Crippen LogP contribution in [0.15, 0.2) is 57.1 Å². The molecule has 0 saturated heterocycles. The van der Waals surface area contributed by atoms with E-state index in [2.05, 4.69) is 10.3 Å². The zero-order chi connectivity index (χ0) is 16.5. The minimum Gasteiger partial charge on any atom is -0.463 e. The van der Waals surface area contributed by atoms with Crippen molar-refractivity contribution in [1.82, 2.24) is 4.98 Å². The molecule has 0 aliphatic carbocycles. The molecular weight excluding hydrogens is 344 g/mol. The van der Waals surface area contributed by atoms with Gasteiger partial charge in [0.05, 0.1) is 17.4 Å². The van der Waals surface area contributed by atoms with Gasteiger partial charge in [-0.2, -0.15) is 0 Å². The number of nitrogens with one attached hydrogen (secondary N) is 1. The second-order valence-corrected chi connectivity index (χ2v) is 6.95. The summed E-state index contributed by atoms with van der Waals surface area (Å²) in [5.41, 5.74) is 1.60. The summed E-state index contributed by atoms with van der Waals surface area (Å²) in [6.45, 7) is 1.91. The summed E-state index contributed by atoms with van der Waals surface area (Å²) in [4.78, 5) is 18.4. The van der Waals surface area contributed by atoms with Crippen LogP contribution in [0, 0.1) is 6.92 Å². The van der Waals surface area contributed by atoms with Crippen molar-refractivity contribution >= 4 is 33.7 Å². The molecule has 0 aliphatic rings. The molecule has 4 aromatic rings. The Morgan fingerprint density at radius 3 is 2.50 bits per heavy atom. The van der Waals surface area contributed by atoms with Crippen LogP contribution >= 0.6 is 22.7 Å². The Bertz CT molecular complexity index is 914.